The first kappa shape index (κ1) is 23.1. The fraction of sp³-hybridized carbons (Fsp3) is 0.261. The number of benzene rings is 1. The van der Waals surface area contributed by atoms with Crippen LogP contribution in [-0.2, 0) is 7.05 Å². The minimum absolute atomic E-state index is 0.0706. The number of ether oxygens (including phenoxy) is 2. The van der Waals surface area contributed by atoms with E-state index in [0.29, 0.717) is 16.9 Å². The zero-order valence-electron chi connectivity index (χ0n) is 18.8. The zero-order valence-corrected chi connectivity index (χ0v) is 18.8. The summed E-state index contributed by atoms with van der Waals surface area (Å²) >= 11 is 0. The second-order valence-electron chi connectivity index (χ2n) is 7.70. The van der Waals surface area contributed by atoms with Gasteiger partial charge in [-0.15, -0.1) is 0 Å². The Kier molecular flexibility index (Phi) is 5.94. The summed E-state index contributed by atoms with van der Waals surface area (Å²) in [6.07, 6.45) is 2.52. The normalized spacial score (nSPS) is 12.6. The molecular weight excluding hydrogens is 451 g/mol. The number of methoxy groups -OCH3 is 2. The second kappa shape index (κ2) is 8.73. The largest absolute Gasteiger partial charge is 0.496 e. The number of aromatic nitrogens is 4. The molecular formula is C23H22F3N5O3. The van der Waals surface area contributed by atoms with E-state index in [2.05, 4.69) is 9.97 Å². The average molecular weight is 473 g/mol. The van der Waals surface area contributed by atoms with Gasteiger partial charge in [0.1, 0.15) is 28.8 Å². The van der Waals surface area contributed by atoms with Crippen LogP contribution in [-0.4, -0.2) is 51.3 Å². The van der Waals surface area contributed by atoms with Gasteiger partial charge >= 0.3 is 6.18 Å². The fourth-order valence-electron chi connectivity index (χ4n) is 3.55. The van der Waals surface area contributed by atoms with E-state index in [9.17, 15) is 18.0 Å². The number of pyridine rings is 1. The first-order chi connectivity index (χ1) is 16.1. The van der Waals surface area contributed by atoms with Crippen LogP contribution in [0.1, 0.15) is 17.3 Å². The van der Waals surface area contributed by atoms with Gasteiger partial charge in [0.15, 0.2) is 0 Å². The van der Waals surface area contributed by atoms with Crippen LogP contribution in [0, 0.1) is 0 Å². The van der Waals surface area contributed by atoms with Crippen molar-refractivity contribution in [1.82, 2.24) is 24.3 Å². The molecule has 1 aromatic carbocycles. The summed E-state index contributed by atoms with van der Waals surface area (Å²) < 4.78 is 53.2. The number of aryl methyl sites for hydroxylation is 1. The molecule has 0 radical (unpaired) electrons. The molecule has 3 aromatic heterocycles. The number of hydrogen-bond acceptors (Lipinski definition) is 5. The van der Waals surface area contributed by atoms with Gasteiger partial charge in [-0.1, -0.05) is 0 Å². The molecule has 1 N–H and O–H groups in total. The molecule has 0 aliphatic heterocycles. The molecule has 0 aliphatic rings. The number of carbonyl (C=O) groups is 1. The maximum Gasteiger partial charge on any atom is 0.408 e. The van der Waals surface area contributed by atoms with Crippen LogP contribution in [0.4, 0.5) is 13.2 Å². The number of alkyl halides is 3. The predicted molar refractivity (Wildman–Crippen MR) is 119 cm³/mol. The molecule has 3 heterocycles. The van der Waals surface area contributed by atoms with E-state index < -0.39 is 18.1 Å². The van der Waals surface area contributed by atoms with Gasteiger partial charge in [-0.2, -0.15) is 13.2 Å². The molecule has 0 saturated carbocycles. The molecule has 0 aliphatic carbocycles. The third-order valence-corrected chi connectivity index (χ3v) is 5.38. The van der Waals surface area contributed by atoms with Gasteiger partial charge in [-0.25, -0.2) is 9.97 Å². The van der Waals surface area contributed by atoms with Crippen molar-refractivity contribution < 1.29 is 27.4 Å². The molecule has 0 spiro atoms. The standard InChI is InChI=1S/C23H22F3N5O3/c1-13(23(24,25)26)29-22(32)21-18(33-3)7-15(8-19(21)34-4)17-10-27-20-9-14(5-6-31(17)20)16-11-30(2)12-28-16/h5-13H,1-4H3,(H,29,32). The SMILES string of the molecule is COc1cc(-c2cnc3cc(-c4cn(C)cn4)ccn23)cc(OC)c1C(=O)NC(C)C(F)(F)F. The van der Waals surface area contributed by atoms with Gasteiger partial charge in [-0.3, -0.25) is 9.20 Å². The molecule has 178 valence electrons. The zero-order chi connectivity index (χ0) is 24.6. The first-order valence-corrected chi connectivity index (χ1v) is 10.2. The van der Waals surface area contributed by atoms with Crippen molar-refractivity contribution in [2.75, 3.05) is 14.2 Å². The highest BCUT2D eigenvalue weighted by Crippen LogP contribution is 2.36. The Morgan fingerprint density at radius 3 is 2.32 bits per heavy atom. The van der Waals surface area contributed by atoms with Crippen molar-refractivity contribution in [2.45, 2.75) is 19.1 Å². The number of fused-ring (bicyclic) bond motifs is 1. The number of nitrogens with zero attached hydrogens (tertiary/aromatic N) is 4. The molecule has 34 heavy (non-hydrogen) atoms. The Bertz CT molecular complexity index is 1330. The van der Waals surface area contributed by atoms with Crippen LogP contribution in [0.3, 0.4) is 0 Å². The third kappa shape index (κ3) is 4.28. The highest BCUT2D eigenvalue weighted by atomic mass is 19.4. The maximum absolute atomic E-state index is 12.9. The van der Waals surface area contributed by atoms with Crippen LogP contribution < -0.4 is 14.8 Å². The molecule has 1 atom stereocenters. The van der Waals surface area contributed by atoms with Crippen LogP contribution in [0.5, 0.6) is 11.5 Å². The van der Waals surface area contributed by atoms with Crippen molar-refractivity contribution in [3.63, 3.8) is 0 Å². The predicted octanol–water partition coefficient (Wildman–Crippen LogP) is 4.10. The molecule has 4 aromatic rings. The van der Waals surface area contributed by atoms with Gasteiger partial charge < -0.3 is 19.4 Å². The van der Waals surface area contributed by atoms with E-state index in [1.807, 2.05) is 45.9 Å². The molecule has 1 amide bonds. The Balaban J connectivity index is 1.74. The van der Waals surface area contributed by atoms with Crippen molar-refractivity contribution in [3.8, 4) is 34.0 Å². The van der Waals surface area contributed by atoms with E-state index in [0.717, 1.165) is 18.2 Å². The van der Waals surface area contributed by atoms with Gasteiger partial charge in [0.2, 0.25) is 0 Å². The lowest BCUT2D eigenvalue weighted by Gasteiger charge is -2.20. The molecule has 1 unspecified atom stereocenters. The van der Waals surface area contributed by atoms with E-state index in [4.69, 9.17) is 9.47 Å². The molecule has 0 bridgehead atoms. The Hall–Kier alpha value is -4.02. The summed E-state index contributed by atoms with van der Waals surface area (Å²) in [5.41, 5.74) is 3.52. The monoisotopic (exact) mass is 473 g/mol. The number of halogens is 3. The minimum Gasteiger partial charge on any atom is -0.496 e. The Morgan fingerprint density at radius 1 is 1.09 bits per heavy atom. The summed E-state index contributed by atoms with van der Waals surface area (Å²) in [4.78, 5) is 21.5. The fourth-order valence-corrected chi connectivity index (χ4v) is 3.55. The number of hydrogen-bond donors (Lipinski definition) is 1. The van der Waals surface area contributed by atoms with E-state index in [-0.39, 0.29) is 17.1 Å². The average Bonchev–Trinajstić information content (AvgIpc) is 3.43. The number of carbonyl (C=O) groups excluding carboxylic acids is 1. The van der Waals surface area contributed by atoms with Crippen molar-refractivity contribution in [2.24, 2.45) is 7.05 Å². The number of imidazole rings is 2. The molecule has 0 fully saturated rings. The smallest absolute Gasteiger partial charge is 0.408 e. The van der Waals surface area contributed by atoms with Crippen LogP contribution >= 0.6 is 0 Å². The number of nitrogens with one attached hydrogen (secondary N) is 1. The van der Waals surface area contributed by atoms with Crippen LogP contribution in [0.2, 0.25) is 0 Å². The lowest BCUT2D eigenvalue weighted by molar-refractivity contribution is -0.149. The highest BCUT2D eigenvalue weighted by molar-refractivity contribution is 6.01. The van der Waals surface area contributed by atoms with Gasteiger partial charge in [-0.05, 0) is 31.2 Å². The topological polar surface area (TPSA) is 82.7 Å². The number of rotatable bonds is 6. The maximum atomic E-state index is 12.9. The minimum atomic E-state index is -4.58. The van der Waals surface area contributed by atoms with Gasteiger partial charge in [0.25, 0.3) is 5.91 Å². The first-order valence-electron chi connectivity index (χ1n) is 10.2. The van der Waals surface area contributed by atoms with Crippen LogP contribution in [0.25, 0.3) is 28.2 Å². The summed E-state index contributed by atoms with van der Waals surface area (Å²) in [5, 5.41) is 1.94. The van der Waals surface area contributed by atoms with Crippen LogP contribution in [0.15, 0.2) is 49.2 Å². The van der Waals surface area contributed by atoms with E-state index >= 15 is 0 Å². The lowest BCUT2D eigenvalue weighted by Crippen LogP contribution is -2.43. The highest BCUT2D eigenvalue weighted by Gasteiger charge is 2.38. The van der Waals surface area contributed by atoms with Crippen molar-refractivity contribution in [3.05, 3.63) is 54.7 Å². The Labute approximate surface area is 193 Å². The molecule has 4 rings (SSSR count). The van der Waals surface area contributed by atoms with E-state index in [1.54, 1.807) is 24.7 Å². The summed E-state index contributed by atoms with van der Waals surface area (Å²) in [5.74, 6) is -0.814. The molecule has 0 saturated heterocycles. The third-order valence-electron chi connectivity index (χ3n) is 5.38. The summed E-state index contributed by atoms with van der Waals surface area (Å²) in [6, 6.07) is 4.87. The lowest BCUT2D eigenvalue weighted by atomic mass is 10.1. The second-order valence-corrected chi connectivity index (χ2v) is 7.70. The van der Waals surface area contributed by atoms with Crippen molar-refractivity contribution >= 4 is 11.6 Å². The molecule has 8 nitrogen and oxygen atoms in total. The van der Waals surface area contributed by atoms with E-state index in [1.165, 1.54) is 14.2 Å². The van der Waals surface area contributed by atoms with Crippen molar-refractivity contribution in [1.29, 1.82) is 0 Å². The quantitative estimate of drug-likeness (QED) is 0.456. The molecule has 11 heteroatoms. The summed E-state index contributed by atoms with van der Waals surface area (Å²) in [6.45, 7) is 0.864. The summed E-state index contributed by atoms with van der Waals surface area (Å²) in [7, 11) is 4.55. The van der Waals surface area contributed by atoms with Gasteiger partial charge in [0.05, 0.1) is 38.1 Å². The Morgan fingerprint density at radius 2 is 1.76 bits per heavy atom. The number of amides is 1. The van der Waals surface area contributed by atoms with Gasteiger partial charge in [0, 0.05) is 30.6 Å².